The molecule has 1 amide bonds. The molecule has 0 bridgehead atoms. The summed E-state index contributed by atoms with van der Waals surface area (Å²) in [5, 5.41) is 0. The van der Waals surface area contributed by atoms with Crippen LogP contribution in [0.3, 0.4) is 0 Å². The van der Waals surface area contributed by atoms with Crippen molar-refractivity contribution in [2.45, 2.75) is 23.3 Å². The van der Waals surface area contributed by atoms with E-state index >= 15 is 0 Å². The Labute approximate surface area is 318 Å². The topological polar surface area (TPSA) is 69.7 Å². The van der Waals surface area contributed by atoms with Gasteiger partial charge in [-0.2, -0.15) is 35.3 Å². The molecule has 4 rings (SSSR count). The Bertz CT molecular complexity index is 1220. The van der Waals surface area contributed by atoms with Gasteiger partial charge in [0.1, 0.15) is 0 Å². The molecular weight excluding hydrogens is 701 g/mol. The van der Waals surface area contributed by atoms with Crippen LogP contribution in [0.5, 0.6) is 0 Å². The molecule has 0 saturated carbocycles. The highest BCUT2D eigenvalue weighted by atomic mass is 32.2. The number of carbonyl (C=O) groups excluding carboxylic acids is 1. The normalized spacial score (nSPS) is 16.7. The Morgan fingerprint density at radius 3 is 1.27 bits per heavy atom. The Kier molecular flexibility index (Phi) is 22.5. The van der Waals surface area contributed by atoms with E-state index in [4.69, 9.17) is 23.7 Å². The maximum absolute atomic E-state index is 14.7. The summed E-state index contributed by atoms with van der Waals surface area (Å²) < 4.78 is 28.7. The van der Waals surface area contributed by atoms with Crippen molar-refractivity contribution in [1.82, 2.24) is 9.80 Å². The molecule has 11 heteroatoms. The SMILES string of the molecule is O=C(C(CSCc1ccccc1)N(CCSCc1ccccc1)CCSCc1ccccc1)N1CCOCCOCCOCCOCCOCC1. The molecule has 1 saturated heterocycles. The summed E-state index contributed by atoms with van der Waals surface area (Å²) in [5.74, 6) is 5.53. The van der Waals surface area contributed by atoms with Crippen LogP contribution in [0.15, 0.2) is 91.0 Å². The van der Waals surface area contributed by atoms with E-state index in [1.54, 1.807) is 0 Å². The van der Waals surface area contributed by atoms with Crippen LogP contribution in [-0.4, -0.2) is 131 Å². The molecule has 280 valence electrons. The van der Waals surface area contributed by atoms with Crippen molar-refractivity contribution in [2.75, 3.05) is 110 Å². The monoisotopic (exact) mass is 756 g/mol. The highest BCUT2D eigenvalue weighted by Crippen LogP contribution is 2.21. The van der Waals surface area contributed by atoms with Gasteiger partial charge in [0, 0.05) is 60.7 Å². The molecule has 8 nitrogen and oxygen atoms in total. The molecule has 1 heterocycles. The van der Waals surface area contributed by atoms with Crippen molar-refractivity contribution in [3.05, 3.63) is 108 Å². The largest absolute Gasteiger partial charge is 0.377 e. The summed E-state index contributed by atoms with van der Waals surface area (Å²) in [5.41, 5.74) is 3.92. The number of hydrogen-bond donors (Lipinski definition) is 0. The van der Waals surface area contributed by atoms with Gasteiger partial charge < -0.3 is 28.6 Å². The highest BCUT2D eigenvalue weighted by molar-refractivity contribution is 7.99. The van der Waals surface area contributed by atoms with Crippen LogP contribution in [0.25, 0.3) is 0 Å². The first-order valence-corrected chi connectivity index (χ1v) is 21.5. The molecule has 3 aromatic carbocycles. The molecule has 1 aliphatic rings. The summed E-state index contributed by atoms with van der Waals surface area (Å²) in [6, 6.07) is 31.5. The fourth-order valence-electron chi connectivity index (χ4n) is 5.39. The predicted octanol–water partition coefficient (Wildman–Crippen LogP) is 6.38. The lowest BCUT2D eigenvalue weighted by atomic mass is 10.2. The van der Waals surface area contributed by atoms with E-state index in [0.29, 0.717) is 84.9 Å². The zero-order valence-corrected chi connectivity index (χ0v) is 32.4. The lowest BCUT2D eigenvalue weighted by Crippen LogP contribution is -2.53. The minimum Gasteiger partial charge on any atom is -0.377 e. The van der Waals surface area contributed by atoms with Gasteiger partial charge in [-0.15, -0.1) is 0 Å². The van der Waals surface area contributed by atoms with E-state index in [2.05, 4.69) is 89.8 Å². The van der Waals surface area contributed by atoms with Crippen LogP contribution in [0, 0.1) is 0 Å². The summed E-state index contributed by atoms with van der Waals surface area (Å²) in [4.78, 5) is 19.1. The maximum atomic E-state index is 14.7. The summed E-state index contributed by atoms with van der Waals surface area (Å²) in [7, 11) is 0. The Morgan fingerprint density at radius 1 is 0.529 bits per heavy atom. The summed E-state index contributed by atoms with van der Waals surface area (Å²) >= 11 is 5.69. The zero-order chi connectivity index (χ0) is 35.4. The third-order valence-corrected chi connectivity index (χ3v) is 11.3. The number of hydrogen-bond acceptors (Lipinski definition) is 10. The van der Waals surface area contributed by atoms with Crippen LogP contribution in [0.2, 0.25) is 0 Å². The van der Waals surface area contributed by atoms with E-state index in [9.17, 15) is 4.79 Å². The predicted molar refractivity (Wildman–Crippen MR) is 214 cm³/mol. The van der Waals surface area contributed by atoms with Crippen molar-refractivity contribution >= 4 is 41.2 Å². The smallest absolute Gasteiger partial charge is 0.240 e. The molecule has 51 heavy (non-hydrogen) atoms. The van der Waals surface area contributed by atoms with E-state index in [0.717, 1.165) is 41.9 Å². The first kappa shape index (κ1) is 41.7. The van der Waals surface area contributed by atoms with Gasteiger partial charge in [0.2, 0.25) is 5.91 Å². The van der Waals surface area contributed by atoms with Crippen molar-refractivity contribution in [1.29, 1.82) is 0 Å². The second kappa shape index (κ2) is 27.5. The Balaban J connectivity index is 1.45. The second-order valence-electron chi connectivity index (χ2n) is 12.0. The molecule has 0 N–H and O–H groups in total. The van der Waals surface area contributed by atoms with Crippen LogP contribution in [0.4, 0.5) is 0 Å². The zero-order valence-electron chi connectivity index (χ0n) is 29.9. The first-order chi connectivity index (χ1) is 25.3. The number of ether oxygens (including phenoxy) is 5. The van der Waals surface area contributed by atoms with Crippen LogP contribution in [-0.2, 0) is 45.7 Å². The number of amides is 1. The van der Waals surface area contributed by atoms with E-state index in [-0.39, 0.29) is 11.9 Å². The van der Waals surface area contributed by atoms with Gasteiger partial charge in [-0.05, 0) is 16.7 Å². The molecule has 1 fully saturated rings. The third kappa shape index (κ3) is 18.5. The standard InChI is InChI=1S/C40H56N2O6S3/c43-40(42-16-20-44-22-24-46-26-28-48-29-27-47-25-23-45-21-17-42)39(35-51-34-38-14-8-3-9-15-38)41(18-30-49-32-36-10-4-1-5-11-36)19-31-50-33-37-12-6-2-7-13-37/h1-15,39H,16-35H2. The Hall–Kier alpha value is -2.06. The lowest BCUT2D eigenvalue weighted by Gasteiger charge is -2.35. The highest BCUT2D eigenvalue weighted by Gasteiger charge is 2.30. The first-order valence-electron chi connectivity index (χ1n) is 18.1. The minimum absolute atomic E-state index is 0.142. The molecule has 0 radical (unpaired) electrons. The fourth-order valence-corrected chi connectivity index (χ4v) is 8.38. The van der Waals surface area contributed by atoms with Crippen LogP contribution >= 0.6 is 35.3 Å². The van der Waals surface area contributed by atoms with Crippen molar-refractivity contribution < 1.29 is 28.5 Å². The molecule has 0 aromatic heterocycles. The second-order valence-corrected chi connectivity index (χ2v) is 15.3. The number of thioether (sulfide) groups is 3. The number of carbonyl (C=O) groups is 1. The molecular formula is C40H56N2O6S3. The van der Waals surface area contributed by atoms with E-state index in [1.165, 1.54) is 16.7 Å². The van der Waals surface area contributed by atoms with Gasteiger partial charge in [0.15, 0.2) is 0 Å². The van der Waals surface area contributed by atoms with E-state index in [1.807, 2.05) is 46.3 Å². The minimum atomic E-state index is -0.266. The molecule has 0 aliphatic carbocycles. The quantitative estimate of drug-likeness (QED) is 0.154. The van der Waals surface area contributed by atoms with Gasteiger partial charge in [0.25, 0.3) is 0 Å². The molecule has 1 aliphatic heterocycles. The van der Waals surface area contributed by atoms with Crippen molar-refractivity contribution in [2.24, 2.45) is 0 Å². The average Bonchev–Trinajstić information content (AvgIpc) is 3.17. The van der Waals surface area contributed by atoms with Crippen molar-refractivity contribution in [3.8, 4) is 0 Å². The van der Waals surface area contributed by atoms with Gasteiger partial charge >= 0.3 is 0 Å². The molecule has 3 aromatic rings. The molecule has 0 spiro atoms. The number of nitrogens with zero attached hydrogens (tertiary/aromatic N) is 2. The molecule has 1 unspecified atom stereocenters. The fraction of sp³-hybridized carbons (Fsp3) is 0.525. The number of rotatable bonds is 16. The van der Waals surface area contributed by atoms with Crippen molar-refractivity contribution in [3.63, 3.8) is 0 Å². The number of benzene rings is 3. The van der Waals surface area contributed by atoms with Crippen LogP contribution in [0.1, 0.15) is 16.7 Å². The van der Waals surface area contributed by atoms with E-state index < -0.39 is 0 Å². The third-order valence-electron chi connectivity index (χ3n) is 8.19. The lowest BCUT2D eigenvalue weighted by molar-refractivity contribution is -0.138. The molecule has 1 atom stereocenters. The van der Waals surface area contributed by atoms with Gasteiger partial charge in [-0.25, -0.2) is 0 Å². The van der Waals surface area contributed by atoms with Gasteiger partial charge in [-0.3, -0.25) is 9.69 Å². The average molecular weight is 757 g/mol. The van der Waals surface area contributed by atoms with Gasteiger partial charge in [-0.1, -0.05) is 91.0 Å². The Morgan fingerprint density at radius 2 is 0.882 bits per heavy atom. The van der Waals surface area contributed by atoms with Crippen LogP contribution < -0.4 is 0 Å². The van der Waals surface area contributed by atoms with Gasteiger partial charge in [0.05, 0.1) is 72.1 Å². The maximum Gasteiger partial charge on any atom is 0.240 e. The summed E-state index contributed by atoms with van der Waals surface area (Å²) in [6.45, 7) is 7.58. The summed E-state index contributed by atoms with van der Waals surface area (Å²) in [6.07, 6.45) is 0.